The Morgan fingerprint density at radius 3 is 2.00 bits per heavy atom. The van der Waals surface area contributed by atoms with Crippen molar-refractivity contribution >= 4 is 17.7 Å². The maximum Gasteiger partial charge on any atom is 0.372 e. The molecule has 2 N–H and O–H groups in total. The number of carboxylic acids is 2. The van der Waals surface area contributed by atoms with E-state index in [2.05, 4.69) is 0 Å². The first-order valence-electron chi connectivity index (χ1n) is 3.41. The van der Waals surface area contributed by atoms with Crippen LogP contribution in [-0.2, 0) is 14.4 Å². The zero-order valence-electron chi connectivity index (χ0n) is 6.61. The van der Waals surface area contributed by atoms with Crippen LogP contribution in [0.2, 0.25) is 0 Å². The molecule has 1 atom stereocenters. The van der Waals surface area contributed by atoms with Crippen LogP contribution in [0.5, 0.6) is 0 Å². The molecular formula is C7H10O5. The molecule has 68 valence electrons. The lowest BCUT2D eigenvalue weighted by molar-refractivity contribution is -0.150. The highest BCUT2D eigenvalue weighted by Crippen LogP contribution is 2.07. The number of hydrogen-bond donors (Lipinski definition) is 2. The molecule has 5 nitrogen and oxygen atoms in total. The molecule has 0 radical (unpaired) electrons. The number of carboxylic acid groups (broad SMARTS) is 2. The normalized spacial score (nSPS) is 12.1. The molecule has 0 saturated heterocycles. The minimum atomic E-state index is -1.51. The molecule has 0 aromatic carbocycles. The highest BCUT2D eigenvalue weighted by Gasteiger charge is 2.17. The van der Waals surface area contributed by atoms with Crippen LogP contribution < -0.4 is 0 Å². The number of carbonyl (C=O) groups is 3. The summed E-state index contributed by atoms with van der Waals surface area (Å²) in [5.74, 6) is -3.90. The second-order valence-electron chi connectivity index (χ2n) is 2.64. The van der Waals surface area contributed by atoms with E-state index in [1.54, 1.807) is 0 Å². The minimum Gasteiger partial charge on any atom is -0.481 e. The van der Waals surface area contributed by atoms with Gasteiger partial charge in [0, 0.05) is 12.8 Å². The number of carbonyl (C=O) groups excluding carboxylic acids is 1. The van der Waals surface area contributed by atoms with E-state index in [0.29, 0.717) is 0 Å². The van der Waals surface area contributed by atoms with Crippen LogP contribution in [0.15, 0.2) is 0 Å². The zero-order chi connectivity index (χ0) is 9.72. The predicted molar refractivity (Wildman–Crippen MR) is 38.7 cm³/mol. The van der Waals surface area contributed by atoms with Crippen molar-refractivity contribution in [3.05, 3.63) is 0 Å². The van der Waals surface area contributed by atoms with E-state index in [1.165, 1.54) is 6.92 Å². The van der Waals surface area contributed by atoms with Crippen molar-refractivity contribution in [2.75, 3.05) is 0 Å². The lowest BCUT2D eigenvalue weighted by Gasteiger charge is -2.03. The molecule has 0 aliphatic carbocycles. The van der Waals surface area contributed by atoms with Crippen LogP contribution in [0, 0.1) is 5.92 Å². The Morgan fingerprint density at radius 1 is 1.17 bits per heavy atom. The first kappa shape index (κ1) is 10.6. The molecule has 0 aliphatic heterocycles. The molecule has 0 heterocycles. The summed E-state index contributed by atoms with van der Waals surface area (Å²) in [5, 5.41) is 16.4. The minimum absolute atomic E-state index is 0.182. The Balaban J connectivity index is 3.84. The summed E-state index contributed by atoms with van der Waals surface area (Å²) in [6.45, 7) is 1.52. The largest absolute Gasteiger partial charge is 0.481 e. The molecule has 0 unspecified atom stereocenters. The van der Waals surface area contributed by atoms with E-state index in [0.717, 1.165) is 0 Å². The molecule has 5 heteroatoms. The van der Waals surface area contributed by atoms with Gasteiger partial charge in [0.05, 0.1) is 0 Å². The summed E-state index contributed by atoms with van der Waals surface area (Å²) in [6, 6.07) is 0. The van der Waals surface area contributed by atoms with Crippen molar-refractivity contribution < 1.29 is 24.6 Å². The maximum absolute atomic E-state index is 10.5. The molecule has 0 aromatic rings. The second kappa shape index (κ2) is 4.48. The van der Waals surface area contributed by atoms with Gasteiger partial charge in [0.25, 0.3) is 0 Å². The van der Waals surface area contributed by atoms with Gasteiger partial charge in [-0.05, 0) is 5.92 Å². The number of ketones is 1. The zero-order valence-corrected chi connectivity index (χ0v) is 6.61. The van der Waals surface area contributed by atoms with E-state index in [4.69, 9.17) is 10.2 Å². The van der Waals surface area contributed by atoms with Gasteiger partial charge in [0.2, 0.25) is 5.78 Å². The van der Waals surface area contributed by atoms with Gasteiger partial charge in [0.1, 0.15) is 0 Å². The lowest BCUT2D eigenvalue weighted by atomic mass is 10.0. The molecule has 0 aromatic heterocycles. The number of hydrogen-bond acceptors (Lipinski definition) is 3. The molecule has 0 fully saturated rings. The van der Waals surface area contributed by atoms with E-state index in [9.17, 15) is 14.4 Å². The number of rotatable bonds is 5. The number of aliphatic carboxylic acids is 2. The van der Waals surface area contributed by atoms with Gasteiger partial charge in [-0.3, -0.25) is 9.59 Å². The van der Waals surface area contributed by atoms with Crippen molar-refractivity contribution in [3.8, 4) is 0 Å². The molecule has 0 bridgehead atoms. The van der Waals surface area contributed by atoms with Crippen molar-refractivity contribution in [1.82, 2.24) is 0 Å². The number of Topliss-reactive ketones (excluding diaryl/α,β-unsaturated/α-hetero) is 1. The first-order chi connectivity index (χ1) is 5.43. The van der Waals surface area contributed by atoms with Crippen molar-refractivity contribution in [1.29, 1.82) is 0 Å². The summed E-state index contributed by atoms with van der Waals surface area (Å²) in [4.78, 5) is 30.7. The van der Waals surface area contributed by atoms with Crippen LogP contribution in [0.3, 0.4) is 0 Å². The van der Waals surface area contributed by atoms with Gasteiger partial charge in [0.15, 0.2) is 0 Å². The molecule has 0 amide bonds. The monoisotopic (exact) mass is 174 g/mol. The fraction of sp³-hybridized carbons (Fsp3) is 0.571. The molecule has 0 saturated carbocycles. The lowest BCUT2D eigenvalue weighted by Crippen LogP contribution is -2.17. The van der Waals surface area contributed by atoms with Crippen molar-refractivity contribution in [3.63, 3.8) is 0 Å². The summed E-state index contributed by atoms with van der Waals surface area (Å²) in [6.07, 6.45) is -0.402. The van der Waals surface area contributed by atoms with Crippen molar-refractivity contribution in [2.45, 2.75) is 19.8 Å². The van der Waals surface area contributed by atoms with Gasteiger partial charge in [-0.25, -0.2) is 4.79 Å². The Hall–Kier alpha value is -1.39. The van der Waals surface area contributed by atoms with Crippen LogP contribution in [-0.4, -0.2) is 27.9 Å². The molecule has 12 heavy (non-hydrogen) atoms. The fourth-order valence-corrected chi connectivity index (χ4v) is 0.774. The predicted octanol–water partition coefficient (Wildman–Crippen LogP) is 0.141. The summed E-state index contributed by atoms with van der Waals surface area (Å²) in [7, 11) is 0. The first-order valence-corrected chi connectivity index (χ1v) is 3.41. The van der Waals surface area contributed by atoms with Crippen LogP contribution in [0.1, 0.15) is 19.8 Å². The van der Waals surface area contributed by atoms with E-state index in [1.807, 2.05) is 0 Å². The topological polar surface area (TPSA) is 91.7 Å². The second-order valence-corrected chi connectivity index (χ2v) is 2.64. The van der Waals surface area contributed by atoms with Gasteiger partial charge in [-0.2, -0.15) is 0 Å². The quantitative estimate of drug-likeness (QED) is 0.578. The fourth-order valence-electron chi connectivity index (χ4n) is 0.774. The van der Waals surface area contributed by atoms with Gasteiger partial charge >= 0.3 is 11.9 Å². The van der Waals surface area contributed by atoms with Crippen LogP contribution in [0.4, 0.5) is 0 Å². The molecule has 0 aliphatic rings. The third-order valence-electron chi connectivity index (χ3n) is 1.30. The standard InChI is InChI=1S/C7H10O5/c1-4(3-6(9)10)2-5(8)7(11)12/h4H,2-3H2,1H3,(H,9,10)(H,11,12)/t4-/m0/s1. The third kappa shape index (κ3) is 4.43. The van der Waals surface area contributed by atoms with Gasteiger partial charge in [-0.1, -0.05) is 6.92 Å². The Bertz CT molecular complexity index is 208. The Labute approximate surface area is 69.0 Å². The van der Waals surface area contributed by atoms with Gasteiger partial charge < -0.3 is 10.2 Å². The average molecular weight is 174 g/mol. The van der Waals surface area contributed by atoms with E-state index >= 15 is 0 Å². The highest BCUT2D eigenvalue weighted by atomic mass is 16.4. The van der Waals surface area contributed by atoms with Crippen molar-refractivity contribution in [2.24, 2.45) is 5.92 Å². The summed E-state index contributed by atoms with van der Waals surface area (Å²) >= 11 is 0. The Morgan fingerprint density at radius 2 is 1.67 bits per heavy atom. The Kier molecular flexibility index (Phi) is 3.96. The maximum atomic E-state index is 10.5. The van der Waals surface area contributed by atoms with E-state index < -0.39 is 23.6 Å². The molecule has 0 spiro atoms. The summed E-state index contributed by atoms with van der Waals surface area (Å²) < 4.78 is 0. The van der Waals surface area contributed by atoms with Crippen LogP contribution >= 0.6 is 0 Å². The third-order valence-corrected chi connectivity index (χ3v) is 1.30. The average Bonchev–Trinajstić information content (AvgIpc) is 1.84. The van der Waals surface area contributed by atoms with Gasteiger partial charge in [-0.15, -0.1) is 0 Å². The smallest absolute Gasteiger partial charge is 0.372 e. The molecule has 0 rings (SSSR count). The molecular weight excluding hydrogens is 164 g/mol. The van der Waals surface area contributed by atoms with E-state index in [-0.39, 0.29) is 12.8 Å². The SMILES string of the molecule is C[C@H](CC(=O)O)CC(=O)C(=O)O. The summed E-state index contributed by atoms with van der Waals surface area (Å²) in [5.41, 5.74) is 0. The van der Waals surface area contributed by atoms with Crippen LogP contribution in [0.25, 0.3) is 0 Å². The highest BCUT2D eigenvalue weighted by molar-refractivity contribution is 6.32.